The van der Waals surface area contributed by atoms with Gasteiger partial charge in [-0.15, -0.1) is 0 Å². The first-order chi connectivity index (χ1) is 18.4. The predicted octanol–water partition coefficient (Wildman–Crippen LogP) is 6.44. The Hall–Kier alpha value is -3.51. The normalized spacial score (nSPS) is 14.1. The average Bonchev–Trinajstić information content (AvgIpc) is 2.93. The van der Waals surface area contributed by atoms with Crippen LogP contribution in [0.1, 0.15) is 44.4 Å². The van der Waals surface area contributed by atoms with E-state index < -0.39 is 0 Å². The molecular weight excluding hydrogens is 494 g/mol. The summed E-state index contributed by atoms with van der Waals surface area (Å²) in [6.45, 7) is 16.3. The highest BCUT2D eigenvalue weighted by Crippen LogP contribution is 2.28. The number of carbonyl (C=O) groups excluding carboxylic acids is 1. The molecule has 38 heavy (non-hydrogen) atoms. The minimum Gasteiger partial charge on any atom is -0.368 e. The lowest BCUT2D eigenvalue weighted by Gasteiger charge is -2.38. The zero-order chi connectivity index (χ0) is 27.1. The fraction of sp³-hybridized carbons (Fsp3) is 0.355. The average molecular weight is 530 g/mol. The lowest BCUT2D eigenvalue weighted by atomic mass is 10.0. The number of Topliss-reactive ketones (excluding diaryl/α,β-unsaturated/α-hetero) is 1. The smallest absolute Gasteiger partial charge is 0.129 e. The van der Waals surface area contributed by atoms with Crippen molar-refractivity contribution >= 4 is 40.0 Å². The van der Waals surface area contributed by atoms with E-state index in [-0.39, 0.29) is 5.78 Å². The zero-order valence-electron chi connectivity index (χ0n) is 22.4. The van der Waals surface area contributed by atoms with Crippen LogP contribution in [0, 0.1) is 0 Å². The third kappa shape index (κ3) is 6.67. The van der Waals surface area contributed by atoms with Crippen molar-refractivity contribution in [1.82, 2.24) is 19.8 Å². The van der Waals surface area contributed by atoms with Crippen molar-refractivity contribution in [2.75, 3.05) is 32.7 Å². The molecule has 1 fully saturated rings. The molecule has 0 amide bonds. The molecule has 1 aliphatic heterocycles. The second-order valence-electron chi connectivity index (χ2n) is 9.60. The van der Waals surface area contributed by atoms with E-state index in [1.54, 1.807) is 6.92 Å². The summed E-state index contributed by atoms with van der Waals surface area (Å²) < 4.78 is 0. The number of aromatic nitrogens is 2. The second kappa shape index (κ2) is 12.8. The molecule has 0 atom stereocenters. The number of aryl methyl sites for hydroxylation is 1. The Kier molecular flexibility index (Phi) is 9.29. The molecule has 1 saturated heterocycles. The van der Waals surface area contributed by atoms with E-state index in [1.807, 2.05) is 43.3 Å². The number of ketones is 1. The molecule has 2 aromatic carbocycles. The Morgan fingerprint density at radius 3 is 2.39 bits per heavy atom. The van der Waals surface area contributed by atoms with E-state index in [0.717, 1.165) is 97.1 Å². The molecule has 6 nitrogen and oxygen atoms in total. The number of amidine groups is 1. The van der Waals surface area contributed by atoms with E-state index >= 15 is 0 Å². The van der Waals surface area contributed by atoms with E-state index in [4.69, 9.17) is 21.6 Å². The van der Waals surface area contributed by atoms with Crippen molar-refractivity contribution in [3.05, 3.63) is 78.0 Å². The van der Waals surface area contributed by atoms with Crippen molar-refractivity contribution in [2.45, 2.75) is 39.5 Å². The number of carbonyl (C=O) groups is 1. The van der Waals surface area contributed by atoms with Crippen LogP contribution in [-0.2, 0) is 11.2 Å². The summed E-state index contributed by atoms with van der Waals surface area (Å²) in [6, 6.07) is 13.9. The number of hydrogen-bond donors (Lipinski definition) is 0. The molecule has 0 spiro atoms. The molecule has 0 radical (unpaired) electrons. The monoisotopic (exact) mass is 529 g/mol. The fourth-order valence-corrected chi connectivity index (χ4v) is 4.92. The molecule has 0 saturated carbocycles. The molecule has 198 valence electrons. The molecule has 3 aromatic rings. The largest absolute Gasteiger partial charge is 0.368 e. The van der Waals surface area contributed by atoms with Crippen LogP contribution in [-0.4, -0.2) is 64.1 Å². The summed E-state index contributed by atoms with van der Waals surface area (Å²) in [7, 11) is 0. The highest BCUT2D eigenvalue weighted by atomic mass is 35.5. The first-order valence-corrected chi connectivity index (χ1v) is 13.7. The standard InChI is InChI=1S/C31H36ClN5O/c1-5-30(33-6-2)37-19-17-36(18-20-37)23(4)25-13-16-27-29(21-25)34-28(10-8-7-9-22(3)38)31(35-27)24-11-14-26(32)15-12-24/h5,11-16,21H,1,4,6-10,17-20H2,2-3H3. The molecule has 0 bridgehead atoms. The maximum Gasteiger partial charge on any atom is 0.129 e. The van der Waals surface area contributed by atoms with Crippen LogP contribution in [0.5, 0.6) is 0 Å². The molecule has 0 unspecified atom stereocenters. The van der Waals surface area contributed by atoms with Gasteiger partial charge in [0.15, 0.2) is 0 Å². The van der Waals surface area contributed by atoms with Gasteiger partial charge in [-0.3, -0.25) is 4.99 Å². The first-order valence-electron chi connectivity index (χ1n) is 13.3. The van der Waals surface area contributed by atoms with Crippen LogP contribution < -0.4 is 0 Å². The Morgan fingerprint density at radius 2 is 1.74 bits per heavy atom. The third-order valence-electron chi connectivity index (χ3n) is 6.87. The van der Waals surface area contributed by atoms with Crippen molar-refractivity contribution in [3.8, 4) is 11.3 Å². The van der Waals surface area contributed by atoms with Crippen LogP contribution in [0.3, 0.4) is 0 Å². The summed E-state index contributed by atoms with van der Waals surface area (Å²) in [4.78, 5) is 30.6. The number of unbranched alkanes of at least 4 members (excludes halogenated alkanes) is 1. The highest BCUT2D eigenvalue weighted by molar-refractivity contribution is 6.30. The summed E-state index contributed by atoms with van der Waals surface area (Å²) >= 11 is 6.13. The van der Waals surface area contributed by atoms with Gasteiger partial charge in [0, 0.05) is 55.4 Å². The number of fused-ring (bicyclic) bond motifs is 1. The fourth-order valence-electron chi connectivity index (χ4n) is 4.79. The molecule has 4 rings (SSSR count). The van der Waals surface area contributed by atoms with Crippen molar-refractivity contribution in [2.24, 2.45) is 4.99 Å². The van der Waals surface area contributed by atoms with Crippen LogP contribution >= 0.6 is 11.6 Å². The minimum atomic E-state index is 0.217. The van der Waals surface area contributed by atoms with Crippen LogP contribution in [0.2, 0.25) is 5.02 Å². The molecule has 2 heterocycles. The van der Waals surface area contributed by atoms with Gasteiger partial charge >= 0.3 is 0 Å². The number of benzene rings is 2. The third-order valence-corrected chi connectivity index (χ3v) is 7.12. The van der Waals surface area contributed by atoms with E-state index in [9.17, 15) is 4.79 Å². The number of rotatable bonds is 10. The molecule has 1 aromatic heterocycles. The molecular formula is C31H36ClN5O. The Labute approximate surface area is 230 Å². The van der Waals surface area contributed by atoms with Gasteiger partial charge in [-0.2, -0.15) is 0 Å². The van der Waals surface area contributed by atoms with Gasteiger partial charge in [0.1, 0.15) is 11.6 Å². The van der Waals surface area contributed by atoms with Gasteiger partial charge in [0.2, 0.25) is 0 Å². The minimum absolute atomic E-state index is 0.217. The number of nitrogens with zero attached hydrogens (tertiary/aromatic N) is 5. The summed E-state index contributed by atoms with van der Waals surface area (Å²) in [5, 5.41) is 0.688. The predicted molar refractivity (Wildman–Crippen MR) is 159 cm³/mol. The lowest BCUT2D eigenvalue weighted by molar-refractivity contribution is -0.117. The number of piperazine rings is 1. The molecule has 0 N–H and O–H groups in total. The first kappa shape index (κ1) is 27.5. The van der Waals surface area contributed by atoms with Gasteiger partial charge in [-0.05, 0) is 69.0 Å². The van der Waals surface area contributed by atoms with Crippen LogP contribution in [0.4, 0.5) is 0 Å². The Balaban J connectivity index is 1.57. The van der Waals surface area contributed by atoms with Crippen molar-refractivity contribution in [3.63, 3.8) is 0 Å². The summed E-state index contributed by atoms with van der Waals surface area (Å²) in [6.07, 6.45) is 4.91. The van der Waals surface area contributed by atoms with Crippen LogP contribution in [0.15, 0.2) is 66.7 Å². The number of halogens is 1. The SMILES string of the molecule is C=CC(=NCC)N1CCN(C(=C)c2ccc3nc(-c4ccc(Cl)cc4)c(CCCCC(C)=O)nc3c2)CC1. The van der Waals surface area contributed by atoms with Gasteiger partial charge in [0.05, 0.1) is 22.4 Å². The second-order valence-corrected chi connectivity index (χ2v) is 10.0. The topological polar surface area (TPSA) is 61.7 Å². The number of hydrogen-bond acceptors (Lipinski definition) is 5. The van der Waals surface area contributed by atoms with E-state index in [0.29, 0.717) is 11.4 Å². The van der Waals surface area contributed by atoms with Gasteiger partial charge in [-0.25, -0.2) is 9.97 Å². The summed E-state index contributed by atoms with van der Waals surface area (Å²) in [5.41, 5.74) is 6.53. The maximum atomic E-state index is 11.4. The zero-order valence-corrected chi connectivity index (χ0v) is 23.2. The lowest BCUT2D eigenvalue weighted by Crippen LogP contribution is -2.47. The van der Waals surface area contributed by atoms with Crippen molar-refractivity contribution < 1.29 is 4.79 Å². The molecule has 1 aliphatic rings. The Morgan fingerprint density at radius 1 is 1.03 bits per heavy atom. The van der Waals surface area contributed by atoms with Crippen molar-refractivity contribution in [1.29, 1.82) is 0 Å². The molecule has 0 aliphatic carbocycles. The highest BCUT2D eigenvalue weighted by Gasteiger charge is 2.20. The Bertz CT molecular complexity index is 1340. The maximum absolute atomic E-state index is 11.4. The molecule has 7 heteroatoms. The summed E-state index contributed by atoms with van der Waals surface area (Å²) in [5.74, 6) is 1.18. The number of aliphatic imine (C=N–C) groups is 1. The van der Waals surface area contributed by atoms with Crippen LogP contribution in [0.25, 0.3) is 28.0 Å². The van der Waals surface area contributed by atoms with Gasteiger partial charge in [0.25, 0.3) is 0 Å². The van der Waals surface area contributed by atoms with E-state index in [1.165, 1.54) is 0 Å². The quantitative estimate of drug-likeness (QED) is 0.172. The van der Waals surface area contributed by atoms with Gasteiger partial charge < -0.3 is 14.6 Å². The van der Waals surface area contributed by atoms with Gasteiger partial charge in [-0.1, -0.05) is 43.0 Å². The van der Waals surface area contributed by atoms with E-state index in [2.05, 4.69) is 40.1 Å².